The second kappa shape index (κ2) is 5.54. The fourth-order valence-corrected chi connectivity index (χ4v) is 3.25. The van der Waals surface area contributed by atoms with Crippen molar-refractivity contribution >= 4 is 0 Å². The van der Waals surface area contributed by atoms with Crippen molar-refractivity contribution in [1.82, 2.24) is 5.32 Å². The Hall–Kier alpha value is -2.20. The summed E-state index contributed by atoms with van der Waals surface area (Å²) in [5.41, 5.74) is 2.62. The molecule has 0 amide bonds. The summed E-state index contributed by atoms with van der Waals surface area (Å²) in [6, 6.07) is 15.0. The van der Waals surface area contributed by atoms with Crippen molar-refractivity contribution in [2.24, 2.45) is 0 Å². The van der Waals surface area contributed by atoms with Gasteiger partial charge >= 0.3 is 0 Å². The van der Waals surface area contributed by atoms with E-state index in [1.165, 1.54) is 11.1 Å². The summed E-state index contributed by atoms with van der Waals surface area (Å²) < 4.78 is 16.1. The van der Waals surface area contributed by atoms with Gasteiger partial charge in [0, 0.05) is 12.6 Å². The van der Waals surface area contributed by atoms with Gasteiger partial charge in [0.1, 0.15) is 5.75 Å². The molecule has 0 saturated carbocycles. The van der Waals surface area contributed by atoms with E-state index in [1.807, 2.05) is 18.2 Å². The fourth-order valence-electron chi connectivity index (χ4n) is 3.25. The van der Waals surface area contributed by atoms with Crippen LogP contribution in [0.25, 0.3) is 0 Å². The zero-order valence-electron chi connectivity index (χ0n) is 12.5. The van der Waals surface area contributed by atoms with Crippen LogP contribution in [0.4, 0.5) is 0 Å². The fraction of sp³-hybridized carbons (Fsp3) is 0.333. The Bertz CT molecular complexity index is 669. The molecule has 2 aliphatic rings. The molecule has 2 aromatic carbocycles. The number of hydrogen-bond donors (Lipinski definition) is 1. The van der Waals surface area contributed by atoms with E-state index in [2.05, 4.69) is 29.6 Å². The number of benzene rings is 2. The SMILES string of the molecule is COc1ccc([C@@H]2C[C@@H](c3ccc4c(c3)OCO4)CN2)cc1. The van der Waals surface area contributed by atoms with E-state index in [0.717, 1.165) is 30.2 Å². The van der Waals surface area contributed by atoms with Gasteiger partial charge in [0.25, 0.3) is 0 Å². The molecule has 1 N–H and O–H groups in total. The smallest absolute Gasteiger partial charge is 0.231 e. The summed E-state index contributed by atoms with van der Waals surface area (Å²) >= 11 is 0. The van der Waals surface area contributed by atoms with E-state index in [0.29, 0.717) is 18.8 Å². The molecular formula is C18H19NO3. The first-order chi connectivity index (χ1) is 10.8. The normalized spacial score (nSPS) is 22.8. The van der Waals surface area contributed by atoms with Gasteiger partial charge in [-0.25, -0.2) is 0 Å². The van der Waals surface area contributed by atoms with E-state index >= 15 is 0 Å². The maximum absolute atomic E-state index is 5.48. The number of nitrogens with one attached hydrogen (secondary N) is 1. The van der Waals surface area contributed by atoms with Gasteiger partial charge in [0.2, 0.25) is 6.79 Å². The van der Waals surface area contributed by atoms with Gasteiger partial charge in [0.05, 0.1) is 7.11 Å². The number of fused-ring (bicyclic) bond motifs is 1. The number of rotatable bonds is 3. The van der Waals surface area contributed by atoms with E-state index in [4.69, 9.17) is 14.2 Å². The molecule has 0 aliphatic carbocycles. The number of methoxy groups -OCH3 is 1. The minimum absolute atomic E-state index is 0.330. The standard InChI is InChI=1S/C18H19NO3/c1-20-15-5-2-12(3-6-15)16-8-14(10-19-16)13-4-7-17-18(9-13)22-11-21-17/h2-7,9,14,16,19H,8,10-11H2,1H3/t14-,16+/m1/s1. The maximum atomic E-state index is 5.48. The first kappa shape index (κ1) is 13.5. The molecule has 1 saturated heterocycles. The summed E-state index contributed by atoms with van der Waals surface area (Å²) in [5, 5.41) is 3.61. The monoisotopic (exact) mass is 297 g/mol. The van der Waals surface area contributed by atoms with Crippen molar-refractivity contribution in [2.45, 2.75) is 18.4 Å². The second-order valence-corrected chi connectivity index (χ2v) is 5.78. The van der Waals surface area contributed by atoms with E-state index in [9.17, 15) is 0 Å². The Balaban J connectivity index is 1.49. The van der Waals surface area contributed by atoms with Crippen molar-refractivity contribution < 1.29 is 14.2 Å². The molecule has 0 bridgehead atoms. The largest absolute Gasteiger partial charge is 0.497 e. The van der Waals surface area contributed by atoms with E-state index in [1.54, 1.807) is 7.11 Å². The molecule has 0 unspecified atom stereocenters. The summed E-state index contributed by atoms with van der Waals surface area (Å²) in [5.74, 6) is 3.11. The lowest BCUT2D eigenvalue weighted by Gasteiger charge is -2.12. The molecule has 0 radical (unpaired) electrons. The third-order valence-corrected chi connectivity index (χ3v) is 4.52. The first-order valence-corrected chi connectivity index (χ1v) is 7.60. The lowest BCUT2D eigenvalue weighted by atomic mass is 9.93. The topological polar surface area (TPSA) is 39.7 Å². The molecule has 4 rings (SSSR count). The van der Waals surface area contributed by atoms with Crippen LogP contribution in [-0.2, 0) is 0 Å². The van der Waals surface area contributed by atoms with Crippen LogP contribution in [0.5, 0.6) is 17.2 Å². The zero-order chi connectivity index (χ0) is 14.9. The average Bonchev–Trinajstić information content (AvgIpc) is 3.23. The van der Waals surface area contributed by atoms with Gasteiger partial charge in [-0.15, -0.1) is 0 Å². The lowest BCUT2D eigenvalue weighted by molar-refractivity contribution is 0.174. The Labute approximate surface area is 130 Å². The van der Waals surface area contributed by atoms with Crippen LogP contribution in [0.2, 0.25) is 0 Å². The molecule has 0 aromatic heterocycles. The third kappa shape index (κ3) is 2.40. The molecule has 4 nitrogen and oxygen atoms in total. The quantitative estimate of drug-likeness (QED) is 0.944. The highest BCUT2D eigenvalue weighted by Crippen LogP contribution is 2.39. The average molecular weight is 297 g/mol. The van der Waals surface area contributed by atoms with Gasteiger partial charge in [-0.1, -0.05) is 18.2 Å². The highest BCUT2D eigenvalue weighted by atomic mass is 16.7. The minimum atomic E-state index is 0.330. The van der Waals surface area contributed by atoms with Crippen LogP contribution in [0, 0.1) is 0 Å². The molecule has 2 heterocycles. The molecule has 0 spiro atoms. The molecule has 114 valence electrons. The molecular weight excluding hydrogens is 278 g/mol. The second-order valence-electron chi connectivity index (χ2n) is 5.78. The Morgan fingerprint density at radius 2 is 1.77 bits per heavy atom. The number of ether oxygens (including phenoxy) is 3. The van der Waals surface area contributed by atoms with Crippen LogP contribution in [0.1, 0.15) is 29.5 Å². The zero-order valence-corrected chi connectivity index (χ0v) is 12.5. The Morgan fingerprint density at radius 3 is 2.59 bits per heavy atom. The Kier molecular flexibility index (Phi) is 3.39. The van der Waals surface area contributed by atoms with Crippen molar-refractivity contribution in [3.8, 4) is 17.2 Å². The molecule has 2 aromatic rings. The van der Waals surface area contributed by atoms with Crippen molar-refractivity contribution in [3.63, 3.8) is 0 Å². The first-order valence-electron chi connectivity index (χ1n) is 7.60. The van der Waals surface area contributed by atoms with E-state index < -0.39 is 0 Å². The predicted molar refractivity (Wildman–Crippen MR) is 83.7 cm³/mol. The van der Waals surface area contributed by atoms with Gasteiger partial charge in [-0.3, -0.25) is 0 Å². The predicted octanol–water partition coefficient (Wildman–Crippen LogP) is 3.24. The van der Waals surface area contributed by atoms with Gasteiger partial charge in [-0.05, 0) is 47.7 Å². The van der Waals surface area contributed by atoms with Gasteiger partial charge in [-0.2, -0.15) is 0 Å². The summed E-state index contributed by atoms with van der Waals surface area (Å²) in [6.07, 6.45) is 1.09. The van der Waals surface area contributed by atoms with Gasteiger partial charge in [0.15, 0.2) is 11.5 Å². The molecule has 1 fully saturated rings. The summed E-state index contributed by atoms with van der Waals surface area (Å²) in [4.78, 5) is 0. The van der Waals surface area contributed by atoms with Crippen molar-refractivity contribution in [3.05, 3.63) is 53.6 Å². The minimum Gasteiger partial charge on any atom is -0.497 e. The summed E-state index contributed by atoms with van der Waals surface area (Å²) in [7, 11) is 1.69. The molecule has 2 atom stereocenters. The van der Waals surface area contributed by atoms with Crippen LogP contribution in [0.15, 0.2) is 42.5 Å². The van der Waals surface area contributed by atoms with Crippen LogP contribution in [0.3, 0.4) is 0 Å². The van der Waals surface area contributed by atoms with Crippen LogP contribution < -0.4 is 19.5 Å². The molecule has 4 heteroatoms. The van der Waals surface area contributed by atoms with Gasteiger partial charge < -0.3 is 19.5 Å². The molecule has 22 heavy (non-hydrogen) atoms. The molecule has 2 aliphatic heterocycles. The maximum Gasteiger partial charge on any atom is 0.231 e. The highest BCUT2D eigenvalue weighted by Gasteiger charge is 2.27. The number of hydrogen-bond acceptors (Lipinski definition) is 4. The lowest BCUT2D eigenvalue weighted by Crippen LogP contribution is -2.13. The highest BCUT2D eigenvalue weighted by molar-refractivity contribution is 5.46. The van der Waals surface area contributed by atoms with Crippen LogP contribution >= 0.6 is 0 Å². The van der Waals surface area contributed by atoms with Crippen LogP contribution in [-0.4, -0.2) is 20.4 Å². The summed E-state index contributed by atoms with van der Waals surface area (Å²) in [6.45, 7) is 1.31. The Morgan fingerprint density at radius 1 is 1.00 bits per heavy atom. The van der Waals surface area contributed by atoms with Crippen molar-refractivity contribution in [2.75, 3.05) is 20.4 Å². The third-order valence-electron chi connectivity index (χ3n) is 4.52. The van der Waals surface area contributed by atoms with Crippen molar-refractivity contribution in [1.29, 1.82) is 0 Å². The van der Waals surface area contributed by atoms with E-state index in [-0.39, 0.29) is 0 Å².